The van der Waals surface area contributed by atoms with Crippen molar-refractivity contribution in [2.45, 2.75) is 45.6 Å². The molecule has 0 unspecified atom stereocenters. The number of rotatable bonds is 5. The molecule has 0 atom stereocenters. The lowest BCUT2D eigenvalue weighted by atomic mass is 10.2. The summed E-state index contributed by atoms with van der Waals surface area (Å²) in [4.78, 5) is 25.9. The van der Waals surface area contributed by atoms with Gasteiger partial charge in [0.25, 0.3) is 0 Å². The molecule has 8 heteroatoms. The minimum atomic E-state index is -0.495. The smallest absolute Gasteiger partial charge is 0.407 e. The maximum atomic E-state index is 11.8. The molecule has 1 amide bonds. The number of carbonyl (C=O) groups excluding carboxylic acids is 1. The van der Waals surface area contributed by atoms with Gasteiger partial charge < -0.3 is 24.6 Å². The van der Waals surface area contributed by atoms with Gasteiger partial charge in [-0.2, -0.15) is 4.98 Å². The van der Waals surface area contributed by atoms with Crippen molar-refractivity contribution in [2.75, 3.05) is 55.7 Å². The van der Waals surface area contributed by atoms with E-state index >= 15 is 0 Å². The van der Waals surface area contributed by atoms with Crippen molar-refractivity contribution in [3.05, 3.63) is 11.8 Å². The van der Waals surface area contributed by atoms with Crippen molar-refractivity contribution < 1.29 is 14.3 Å². The Bertz CT molecular complexity index is 635. The lowest BCUT2D eigenvalue weighted by molar-refractivity contribution is 0.0528. The number of hydrogen-bond acceptors (Lipinski definition) is 7. The molecule has 0 aliphatic carbocycles. The SMILES string of the molecule is CC(C)(C)OC(=O)NCCc1cc(N2CCOCC2)nc(N2CCCC2)n1. The molecule has 1 aromatic heterocycles. The predicted octanol–water partition coefficient (Wildman–Crippen LogP) is 1.98. The molecule has 1 N–H and O–H groups in total. The fourth-order valence-electron chi connectivity index (χ4n) is 3.22. The summed E-state index contributed by atoms with van der Waals surface area (Å²) < 4.78 is 10.7. The molecule has 0 saturated carbocycles. The van der Waals surface area contributed by atoms with E-state index in [2.05, 4.69) is 15.1 Å². The number of nitrogens with one attached hydrogen (secondary N) is 1. The Labute approximate surface area is 161 Å². The Morgan fingerprint density at radius 1 is 1.15 bits per heavy atom. The molecule has 0 aromatic carbocycles. The summed E-state index contributed by atoms with van der Waals surface area (Å²) in [5.74, 6) is 1.74. The van der Waals surface area contributed by atoms with E-state index in [1.165, 1.54) is 12.8 Å². The second-order valence-electron chi connectivity index (χ2n) is 7.99. The molecular weight excluding hydrogens is 346 g/mol. The molecule has 1 aromatic rings. The highest BCUT2D eigenvalue weighted by Gasteiger charge is 2.20. The first-order valence-electron chi connectivity index (χ1n) is 9.83. The van der Waals surface area contributed by atoms with E-state index in [1.807, 2.05) is 26.8 Å². The van der Waals surface area contributed by atoms with E-state index in [0.29, 0.717) is 13.0 Å². The molecule has 2 aliphatic rings. The summed E-state index contributed by atoms with van der Waals surface area (Å²) in [5.41, 5.74) is 0.440. The van der Waals surface area contributed by atoms with Gasteiger partial charge in [-0.15, -0.1) is 0 Å². The predicted molar refractivity (Wildman–Crippen MR) is 104 cm³/mol. The lowest BCUT2D eigenvalue weighted by Crippen LogP contribution is -2.37. The van der Waals surface area contributed by atoms with Crippen molar-refractivity contribution in [1.82, 2.24) is 15.3 Å². The van der Waals surface area contributed by atoms with E-state index in [1.54, 1.807) is 0 Å². The summed E-state index contributed by atoms with van der Waals surface area (Å²) >= 11 is 0. The van der Waals surface area contributed by atoms with E-state index in [-0.39, 0.29) is 0 Å². The quantitative estimate of drug-likeness (QED) is 0.840. The molecule has 2 fully saturated rings. The van der Waals surface area contributed by atoms with Gasteiger partial charge in [0.05, 0.1) is 13.2 Å². The molecule has 8 nitrogen and oxygen atoms in total. The van der Waals surface area contributed by atoms with Gasteiger partial charge in [0.2, 0.25) is 5.95 Å². The van der Waals surface area contributed by atoms with Gasteiger partial charge in [-0.3, -0.25) is 0 Å². The van der Waals surface area contributed by atoms with Crippen molar-refractivity contribution >= 4 is 17.9 Å². The molecule has 0 bridgehead atoms. The van der Waals surface area contributed by atoms with Gasteiger partial charge in [0.15, 0.2) is 0 Å². The average molecular weight is 377 g/mol. The van der Waals surface area contributed by atoms with Crippen molar-refractivity contribution in [3.63, 3.8) is 0 Å². The third-order valence-corrected chi connectivity index (χ3v) is 4.53. The topological polar surface area (TPSA) is 79.8 Å². The zero-order valence-corrected chi connectivity index (χ0v) is 16.7. The molecule has 27 heavy (non-hydrogen) atoms. The standard InChI is InChI=1S/C19H31N5O3/c1-19(2,3)27-18(25)20-7-6-15-14-16(23-10-12-26-13-11-23)22-17(21-15)24-8-4-5-9-24/h14H,4-13H2,1-3H3,(H,20,25). The highest BCUT2D eigenvalue weighted by Crippen LogP contribution is 2.22. The van der Waals surface area contributed by atoms with Crippen LogP contribution in [-0.2, 0) is 15.9 Å². The normalized spacial score (nSPS) is 17.9. The lowest BCUT2D eigenvalue weighted by Gasteiger charge is -2.29. The molecule has 2 saturated heterocycles. The third-order valence-electron chi connectivity index (χ3n) is 4.53. The second-order valence-corrected chi connectivity index (χ2v) is 7.99. The first-order valence-corrected chi connectivity index (χ1v) is 9.83. The van der Waals surface area contributed by atoms with E-state index in [9.17, 15) is 4.79 Å². The van der Waals surface area contributed by atoms with Crippen molar-refractivity contribution in [1.29, 1.82) is 0 Å². The number of amides is 1. The number of carbonyl (C=O) groups is 1. The van der Waals surface area contributed by atoms with E-state index in [0.717, 1.165) is 56.9 Å². The fraction of sp³-hybridized carbons (Fsp3) is 0.737. The largest absolute Gasteiger partial charge is 0.444 e. The number of ether oxygens (including phenoxy) is 2. The Balaban J connectivity index is 1.67. The summed E-state index contributed by atoms with van der Waals surface area (Å²) in [5, 5.41) is 2.81. The summed E-state index contributed by atoms with van der Waals surface area (Å²) in [6.07, 6.45) is 2.60. The van der Waals surface area contributed by atoms with Gasteiger partial charge >= 0.3 is 6.09 Å². The highest BCUT2D eigenvalue weighted by atomic mass is 16.6. The van der Waals surface area contributed by atoms with E-state index < -0.39 is 11.7 Å². The van der Waals surface area contributed by atoms with Crippen LogP contribution in [0.5, 0.6) is 0 Å². The Kier molecular flexibility index (Phi) is 6.36. The van der Waals surface area contributed by atoms with Crippen LogP contribution in [0.1, 0.15) is 39.3 Å². The molecule has 3 rings (SSSR count). The number of nitrogens with zero attached hydrogens (tertiary/aromatic N) is 4. The van der Waals surface area contributed by atoms with Crippen LogP contribution in [0.25, 0.3) is 0 Å². The van der Waals surface area contributed by atoms with Gasteiger partial charge in [-0.25, -0.2) is 9.78 Å². The minimum absolute atomic E-state index is 0.398. The molecular formula is C19H31N5O3. The van der Waals surface area contributed by atoms with Crippen LogP contribution in [0.3, 0.4) is 0 Å². The molecule has 0 radical (unpaired) electrons. The van der Waals surface area contributed by atoms with E-state index in [4.69, 9.17) is 19.4 Å². The summed E-state index contributed by atoms with van der Waals surface area (Å²) in [7, 11) is 0. The van der Waals surface area contributed by atoms with Crippen molar-refractivity contribution in [2.24, 2.45) is 0 Å². The van der Waals surface area contributed by atoms with Crippen LogP contribution in [0.15, 0.2) is 6.07 Å². The fourth-order valence-corrected chi connectivity index (χ4v) is 3.22. The number of morpholine rings is 1. The first kappa shape index (κ1) is 19.7. The first-order chi connectivity index (χ1) is 12.9. The molecule has 3 heterocycles. The van der Waals surface area contributed by atoms with Crippen LogP contribution < -0.4 is 15.1 Å². The average Bonchev–Trinajstić information content (AvgIpc) is 3.15. The summed E-state index contributed by atoms with van der Waals surface area (Å²) in [6.45, 7) is 11.2. The van der Waals surface area contributed by atoms with Crippen LogP contribution >= 0.6 is 0 Å². The van der Waals surface area contributed by atoms with Crippen molar-refractivity contribution in [3.8, 4) is 0 Å². The number of alkyl carbamates (subject to hydrolysis) is 1. The van der Waals surface area contributed by atoms with Gasteiger partial charge in [0, 0.05) is 50.9 Å². The minimum Gasteiger partial charge on any atom is -0.444 e. The number of hydrogen-bond donors (Lipinski definition) is 1. The third kappa shape index (κ3) is 5.95. The Hall–Kier alpha value is -2.09. The Morgan fingerprint density at radius 2 is 1.85 bits per heavy atom. The number of aromatic nitrogens is 2. The monoisotopic (exact) mass is 377 g/mol. The molecule has 0 spiro atoms. The Morgan fingerprint density at radius 3 is 2.52 bits per heavy atom. The maximum Gasteiger partial charge on any atom is 0.407 e. The van der Waals surface area contributed by atoms with Gasteiger partial charge in [-0.1, -0.05) is 0 Å². The van der Waals surface area contributed by atoms with Gasteiger partial charge in [0.1, 0.15) is 11.4 Å². The van der Waals surface area contributed by atoms with Crippen LogP contribution in [0, 0.1) is 0 Å². The molecule has 2 aliphatic heterocycles. The van der Waals surface area contributed by atoms with Gasteiger partial charge in [-0.05, 0) is 33.6 Å². The van der Waals surface area contributed by atoms with Crippen LogP contribution in [0.2, 0.25) is 0 Å². The maximum absolute atomic E-state index is 11.8. The zero-order chi connectivity index (χ0) is 19.3. The zero-order valence-electron chi connectivity index (χ0n) is 16.7. The summed E-state index contributed by atoms with van der Waals surface area (Å²) in [6, 6.07) is 2.03. The highest BCUT2D eigenvalue weighted by molar-refractivity contribution is 5.67. The molecule has 150 valence electrons. The second kappa shape index (κ2) is 8.73. The number of anilines is 2. The van der Waals surface area contributed by atoms with Crippen LogP contribution in [-0.4, -0.2) is 67.6 Å². The van der Waals surface area contributed by atoms with Crippen LogP contribution in [0.4, 0.5) is 16.6 Å².